The zero-order chi connectivity index (χ0) is 11.3. The lowest BCUT2D eigenvalue weighted by molar-refractivity contribution is 0.152. The van der Waals surface area contributed by atoms with Crippen LogP contribution >= 0.6 is 0 Å². The van der Waals surface area contributed by atoms with Gasteiger partial charge in [0.1, 0.15) is 0 Å². The fourth-order valence-electron chi connectivity index (χ4n) is 2.51. The second-order valence-electron chi connectivity index (χ2n) is 5.42. The molecule has 0 amide bonds. The molecule has 4 atom stereocenters. The highest BCUT2D eigenvalue weighted by Gasteiger charge is 2.26. The molecule has 0 aliphatic rings. The van der Waals surface area contributed by atoms with E-state index in [0.717, 1.165) is 29.6 Å². The fraction of sp³-hybridized carbons (Fsp3) is 1.00. The van der Waals surface area contributed by atoms with Gasteiger partial charge in [0.2, 0.25) is 0 Å². The van der Waals surface area contributed by atoms with Crippen molar-refractivity contribution in [1.29, 1.82) is 0 Å². The van der Waals surface area contributed by atoms with Crippen LogP contribution in [0.25, 0.3) is 0 Å². The van der Waals surface area contributed by atoms with Gasteiger partial charge in [-0.25, -0.2) is 0 Å². The molecule has 0 aromatic rings. The standard InChI is InChI=1S/C14H30/c1-8-11(5)13(7)14(9-2)12(6)10(3)4/h10-14H,8-9H2,1-7H3. The van der Waals surface area contributed by atoms with E-state index in [2.05, 4.69) is 48.5 Å². The first-order valence-corrected chi connectivity index (χ1v) is 6.45. The van der Waals surface area contributed by atoms with Crippen LogP contribution in [-0.2, 0) is 0 Å². The highest BCUT2D eigenvalue weighted by Crippen LogP contribution is 2.34. The second-order valence-corrected chi connectivity index (χ2v) is 5.42. The van der Waals surface area contributed by atoms with Crippen molar-refractivity contribution in [2.45, 2.75) is 61.3 Å². The monoisotopic (exact) mass is 198 g/mol. The van der Waals surface area contributed by atoms with Crippen molar-refractivity contribution in [3.8, 4) is 0 Å². The Balaban J connectivity index is 4.38. The molecule has 0 radical (unpaired) electrons. The van der Waals surface area contributed by atoms with E-state index in [1.807, 2.05) is 0 Å². The molecule has 0 fully saturated rings. The van der Waals surface area contributed by atoms with Gasteiger partial charge < -0.3 is 0 Å². The summed E-state index contributed by atoms with van der Waals surface area (Å²) in [6, 6.07) is 0. The van der Waals surface area contributed by atoms with E-state index in [-0.39, 0.29) is 0 Å². The smallest absolute Gasteiger partial charge is 0.0360 e. The number of hydrogen-bond acceptors (Lipinski definition) is 0. The van der Waals surface area contributed by atoms with Crippen LogP contribution in [0.2, 0.25) is 0 Å². The molecular formula is C14H30. The van der Waals surface area contributed by atoms with Gasteiger partial charge in [-0.3, -0.25) is 0 Å². The maximum absolute atomic E-state index is 2.45. The molecule has 0 aliphatic heterocycles. The van der Waals surface area contributed by atoms with Gasteiger partial charge in [0.05, 0.1) is 0 Å². The summed E-state index contributed by atoms with van der Waals surface area (Å²) in [5, 5.41) is 0. The quantitative estimate of drug-likeness (QED) is 0.564. The van der Waals surface area contributed by atoms with Gasteiger partial charge in [-0.15, -0.1) is 0 Å². The summed E-state index contributed by atoms with van der Waals surface area (Å²) >= 11 is 0. The van der Waals surface area contributed by atoms with Gasteiger partial charge in [0.25, 0.3) is 0 Å². The molecule has 0 N–H and O–H groups in total. The Labute approximate surface area is 91.5 Å². The predicted octanol–water partition coefficient (Wildman–Crippen LogP) is 4.99. The Bertz CT molecular complexity index is 137. The fourth-order valence-corrected chi connectivity index (χ4v) is 2.51. The lowest BCUT2D eigenvalue weighted by Crippen LogP contribution is -2.27. The van der Waals surface area contributed by atoms with Crippen molar-refractivity contribution in [2.75, 3.05) is 0 Å². The first-order chi connectivity index (χ1) is 6.45. The molecule has 0 spiro atoms. The first-order valence-electron chi connectivity index (χ1n) is 6.45. The van der Waals surface area contributed by atoms with E-state index in [0.29, 0.717) is 0 Å². The summed E-state index contributed by atoms with van der Waals surface area (Å²) in [5.41, 5.74) is 0. The average Bonchev–Trinajstić information content (AvgIpc) is 2.17. The SMILES string of the molecule is CCC(C)C(C)C(CC)C(C)C(C)C. The normalized spacial score (nSPS) is 20.6. The maximum atomic E-state index is 2.45. The topological polar surface area (TPSA) is 0 Å². The molecule has 0 heteroatoms. The molecule has 0 nitrogen and oxygen atoms in total. The Morgan fingerprint density at radius 1 is 0.714 bits per heavy atom. The van der Waals surface area contributed by atoms with E-state index in [4.69, 9.17) is 0 Å². The van der Waals surface area contributed by atoms with E-state index >= 15 is 0 Å². The van der Waals surface area contributed by atoms with Crippen molar-refractivity contribution >= 4 is 0 Å². The third-order valence-electron chi connectivity index (χ3n) is 4.42. The summed E-state index contributed by atoms with van der Waals surface area (Å²) in [4.78, 5) is 0. The van der Waals surface area contributed by atoms with Crippen LogP contribution in [0.1, 0.15) is 61.3 Å². The summed E-state index contributed by atoms with van der Waals surface area (Å²) in [6.45, 7) is 16.7. The molecule has 86 valence electrons. The molecule has 0 aliphatic carbocycles. The highest BCUT2D eigenvalue weighted by atomic mass is 14.3. The van der Waals surface area contributed by atoms with E-state index in [1.54, 1.807) is 0 Å². The van der Waals surface area contributed by atoms with Gasteiger partial charge in [-0.1, -0.05) is 61.3 Å². The third kappa shape index (κ3) is 3.63. The number of hydrogen-bond donors (Lipinski definition) is 0. The van der Waals surface area contributed by atoms with Crippen molar-refractivity contribution in [1.82, 2.24) is 0 Å². The molecule has 0 saturated heterocycles. The van der Waals surface area contributed by atoms with Crippen LogP contribution < -0.4 is 0 Å². The van der Waals surface area contributed by atoms with Crippen molar-refractivity contribution in [3.63, 3.8) is 0 Å². The van der Waals surface area contributed by atoms with Crippen LogP contribution in [0.3, 0.4) is 0 Å². The zero-order valence-corrected chi connectivity index (χ0v) is 11.3. The van der Waals surface area contributed by atoms with Crippen LogP contribution in [0.15, 0.2) is 0 Å². The highest BCUT2D eigenvalue weighted by molar-refractivity contribution is 4.76. The summed E-state index contributed by atoms with van der Waals surface area (Å²) < 4.78 is 0. The molecule has 0 rings (SSSR count). The minimum atomic E-state index is 0.825. The van der Waals surface area contributed by atoms with Crippen molar-refractivity contribution in [2.24, 2.45) is 29.6 Å². The molecule has 0 aromatic carbocycles. The van der Waals surface area contributed by atoms with Gasteiger partial charge >= 0.3 is 0 Å². The van der Waals surface area contributed by atoms with E-state index in [9.17, 15) is 0 Å². The Hall–Kier alpha value is 0. The van der Waals surface area contributed by atoms with Gasteiger partial charge in [0, 0.05) is 0 Å². The molecule has 0 bridgehead atoms. The molecule has 4 unspecified atom stereocenters. The molecule has 0 saturated carbocycles. The number of rotatable bonds is 6. The van der Waals surface area contributed by atoms with Crippen molar-refractivity contribution < 1.29 is 0 Å². The van der Waals surface area contributed by atoms with Crippen LogP contribution in [0.4, 0.5) is 0 Å². The molecule has 14 heavy (non-hydrogen) atoms. The van der Waals surface area contributed by atoms with E-state index in [1.165, 1.54) is 12.8 Å². The van der Waals surface area contributed by atoms with Crippen LogP contribution in [-0.4, -0.2) is 0 Å². The maximum Gasteiger partial charge on any atom is -0.0360 e. The van der Waals surface area contributed by atoms with Crippen LogP contribution in [0, 0.1) is 29.6 Å². The lowest BCUT2D eigenvalue weighted by atomic mass is 9.71. The van der Waals surface area contributed by atoms with Crippen LogP contribution in [0.5, 0.6) is 0 Å². The summed E-state index contributed by atoms with van der Waals surface area (Å²) in [5.74, 6) is 4.35. The second kappa shape index (κ2) is 6.48. The lowest BCUT2D eigenvalue weighted by Gasteiger charge is -2.34. The summed E-state index contributed by atoms with van der Waals surface area (Å²) in [6.07, 6.45) is 2.66. The Morgan fingerprint density at radius 2 is 1.21 bits per heavy atom. The molecular weight excluding hydrogens is 168 g/mol. The van der Waals surface area contributed by atoms with Gasteiger partial charge in [-0.2, -0.15) is 0 Å². The van der Waals surface area contributed by atoms with Gasteiger partial charge in [-0.05, 0) is 29.6 Å². The Kier molecular flexibility index (Phi) is 6.48. The first kappa shape index (κ1) is 14.0. The van der Waals surface area contributed by atoms with Gasteiger partial charge in [0.15, 0.2) is 0 Å². The summed E-state index contributed by atoms with van der Waals surface area (Å²) in [7, 11) is 0. The molecule has 0 aromatic heterocycles. The average molecular weight is 198 g/mol. The predicted molar refractivity (Wildman–Crippen MR) is 66.4 cm³/mol. The zero-order valence-electron chi connectivity index (χ0n) is 11.3. The van der Waals surface area contributed by atoms with E-state index < -0.39 is 0 Å². The minimum Gasteiger partial charge on any atom is -0.0651 e. The van der Waals surface area contributed by atoms with Crippen molar-refractivity contribution in [3.05, 3.63) is 0 Å². The minimum absolute atomic E-state index is 0.825. The third-order valence-corrected chi connectivity index (χ3v) is 4.42. The molecule has 0 heterocycles. The Morgan fingerprint density at radius 3 is 1.50 bits per heavy atom. The largest absolute Gasteiger partial charge is 0.0651 e.